The van der Waals surface area contributed by atoms with Crippen LogP contribution in [0, 0.1) is 0 Å². The molecule has 1 fully saturated rings. The summed E-state index contributed by atoms with van der Waals surface area (Å²) in [5.74, 6) is -3.08. The van der Waals surface area contributed by atoms with Crippen LogP contribution >= 0.6 is 0 Å². The molecule has 7 heteroatoms. The third-order valence-electron chi connectivity index (χ3n) is 6.19. The second-order valence-corrected chi connectivity index (χ2v) is 8.72. The molecule has 0 unspecified atom stereocenters. The van der Waals surface area contributed by atoms with Gasteiger partial charge in [-0.2, -0.15) is 0 Å². The number of methoxy groups -OCH3 is 1. The van der Waals surface area contributed by atoms with Crippen molar-refractivity contribution in [2.24, 2.45) is 0 Å². The number of rotatable bonds is 12. The Hall–Kier alpha value is -3.07. The first-order valence-electron chi connectivity index (χ1n) is 12.0. The van der Waals surface area contributed by atoms with Crippen molar-refractivity contribution in [2.75, 3.05) is 13.7 Å². The number of aliphatic carboxylic acids is 1. The summed E-state index contributed by atoms with van der Waals surface area (Å²) in [5.41, 5.74) is 2.97. The first kappa shape index (κ1) is 26.0. The fourth-order valence-electron chi connectivity index (χ4n) is 4.25. The van der Waals surface area contributed by atoms with Gasteiger partial charge in [-0.25, -0.2) is 4.79 Å². The molecular weight excluding hydrogens is 460 g/mol. The highest BCUT2D eigenvalue weighted by molar-refractivity contribution is 5.76. The van der Waals surface area contributed by atoms with Gasteiger partial charge in [0.1, 0.15) is 12.2 Å². The number of hydrogen-bond acceptors (Lipinski definition) is 6. The van der Waals surface area contributed by atoms with Gasteiger partial charge in [0.15, 0.2) is 0 Å². The molecule has 4 rings (SSSR count). The summed E-state index contributed by atoms with van der Waals surface area (Å²) in [6.45, 7) is 1.09. The number of carboxylic acid groups (broad SMARTS) is 1. The Morgan fingerprint density at radius 3 is 1.83 bits per heavy atom. The molecule has 4 atom stereocenters. The maximum Gasteiger partial charge on any atom is 0.364 e. The van der Waals surface area contributed by atoms with E-state index in [1.807, 2.05) is 91.0 Å². The number of carbonyl (C=O) groups is 1. The van der Waals surface area contributed by atoms with Crippen LogP contribution in [0.1, 0.15) is 23.1 Å². The molecule has 1 heterocycles. The predicted octanol–water partition coefficient (Wildman–Crippen LogP) is 4.59. The van der Waals surface area contributed by atoms with Crippen LogP contribution in [-0.2, 0) is 48.3 Å². The van der Waals surface area contributed by atoms with Crippen LogP contribution < -0.4 is 0 Å². The van der Waals surface area contributed by atoms with E-state index < -0.39 is 30.1 Å². The first-order chi connectivity index (χ1) is 17.6. The van der Waals surface area contributed by atoms with Crippen molar-refractivity contribution in [3.05, 3.63) is 108 Å². The van der Waals surface area contributed by atoms with Gasteiger partial charge in [-0.15, -0.1) is 0 Å². The van der Waals surface area contributed by atoms with Gasteiger partial charge in [-0.1, -0.05) is 91.0 Å². The summed E-state index contributed by atoms with van der Waals surface area (Å²) >= 11 is 0. The van der Waals surface area contributed by atoms with E-state index in [9.17, 15) is 9.90 Å². The summed E-state index contributed by atoms with van der Waals surface area (Å²) in [7, 11) is 1.33. The Morgan fingerprint density at radius 2 is 1.33 bits per heavy atom. The van der Waals surface area contributed by atoms with E-state index in [2.05, 4.69) is 0 Å². The van der Waals surface area contributed by atoms with Gasteiger partial charge in [-0.05, 0) is 16.7 Å². The van der Waals surface area contributed by atoms with Crippen molar-refractivity contribution in [3.63, 3.8) is 0 Å². The Labute approximate surface area is 211 Å². The summed E-state index contributed by atoms with van der Waals surface area (Å²) < 4.78 is 30.0. The smallest absolute Gasteiger partial charge is 0.364 e. The van der Waals surface area contributed by atoms with Crippen molar-refractivity contribution in [1.82, 2.24) is 0 Å². The second kappa shape index (κ2) is 12.8. The standard InChI is InChI=1S/C29H32O7/c1-32-29(28(30)31)17-25(34-19-23-13-7-3-8-14-23)27(35-20-24-15-9-4-10-16-24)26(36-29)21-33-18-22-11-5-2-6-12-22/h2-16,25-27H,17-21H2,1H3,(H,30,31)/t25-,26-,27-,29-/m1/s1. The van der Waals surface area contributed by atoms with E-state index in [0.29, 0.717) is 19.8 Å². The third-order valence-corrected chi connectivity index (χ3v) is 6.19. The zero-order valence-electron chi connectivity index (χ0n) is 20.3. The van der Waals surface area contributed by atoms with Gasteiger partial charge in [0.05, 0.1) is 32.5 Å². The monoisotopic (exact) mass is 492 g/mol. The molecule has 190 valence electrons. The lowest BCUT2D eigenvalue weighted by molar-refractivity contribution is -0.320. The lowest BCUT2D eigenvalue weighted by atomic mass is 9.94. The molecule has 0 saturated carbocycles. The van der Waals surface area contributed by atoms with Gasteiger partial charge < -0.3 is 28.8 Å². The van der Waals surface area contributed by atoms with Crippen LogP contribution in [0.3, 0.4) is 0 Å². The van der Waals surface area contributed by atoms with Gasteiger partial charge in [0, 0.05) is 13.5 Å². The third kappa shape index (κ3) is 6.78. The first-order valence-corrected chi connectivity index (χ1v) is 12.0. The van der Waals surface area contributed by atoms with Crippen molar-refractivity contribution >= 4 is 5.97 Å². The Kier molecular flexibility index (Phi) is 9.22. The molecule has 1 N–H and O–H groups in total. The van der Waals surface area contributed by atoms with Crippen LogP contribution in [-0.4, -0.2) is 48.9 Å². The molecule has 1 aliphatic heterocycles. The summed E-state index contributed by atoms with van der Waals surface area (Å²) in [6, 6.07) is 29.3. The lowest BCUT2D eigenvalue weighted by Crippen LogP contribution is -2.61. The van der Waals surface area contributed by atoms with E-state index in [1.54, 1.807) is 0 Å². The highest BCUT2D eigenvalue weighted by Gasteiger charge is 2.53. The Balaban J connectivity index is 1.54. The molecule has 0 amide bonds. The van der Waals surface area contributed by atoms with E-state index in [0.717, 1.165) is 16.7 Å². The molecule has 0 radical (unpaired) electrons. The van der Waals surface area contributed by atoms with Gasteiger partial charge >= 0.3 is 5.97 Å². The van der Waals surface area contributed by atoms with E-state index in [-0.39, 0.29) is 13.0 Å². The topological polar surface area (TPSA) is 83.5 Å². The molecule has 0 aromatic heterocycles. The lowest BCUT2D eigenvalue weighted by Gasteiger charge is -2.45. The summed E-state index contributed by atoms with van der Waals surface area (Å²) in [5, 5.41) is 10.0. The molecule has 0 aliphatic carbocycles. The minimum Gasteiger partial charge on any atom is -0.477 e. The average Bonchev–Trinajstić information content (AvgIpc) is 2.92. The van der Waals surface area contributed by atoms with Crippen molar-refractivity contribution in [2.45, 2.75) is 50.3 Å². The normalized spacial score (nSPS) is 23.9. The summed E-state index contributed by atoms with van der Waals surface area (Å²) in [6.07, 6.45) is -1.94. The zero-order chi connectivity index (χ0) is 25.2. The second-order valence-electron chi connectivity index (χ2n) is 8.72. The fourth-order valence-corrected chi connectivity index (χ4v) is 4.25. The number of benzene rings is 3. The van der Waals surface area contributed by atoms with E-state index >= 15 is 0 Å². The predicted molar refractivity (Wildman–Crippen MR) is 133 cm³/mol. The van der Waals surface area contributed by atoms with Crippen LogP contribution in [0.15, 0.2) is 91.0 Å². The summed E-state index contributed by atoms with van der Waals surface area (Å²) in [4.78, 5) is 12.3. The molecular formula is C29H32O7. The van der Waals surface area contributed by atoms with Gasteiger partial charge in [0.25, 0.3) is 5.79 Å². The maximum atomic E-state index is 12.3. The molecule has 1 saturated heterocycles. The minimum absolute atomic E-state index is 0.0275. The Bertz CT molecular complexity index is 1060. The maximum absolute atomic E-state index is 12.3. The van der Waals surface area contributed by atoms with Crippen LogP contribution in [0.4, 0.5) is 0 Å². The van der Waals surface area contributed by atoms with Crippen LogP contribution in [0.25, 0.3) is 0 Å². The molecule has 3 aromatic carbocycles. The van der Waals surface area contributed by atoms with Gasteiger partial charge in [-0.3, -0.25) is 0 Å². The quantitative estimate of drug-likeness (QED) is 0.396. The molecule has 3 aromatic rings. The largest absolute Gasteiger partial charge is 0.477 e. The molecule has 36 heavy (non-hydrogen) atoms. The average molecular weight is 493 g/mol. The molecule has 0 spiro atoms. The van der Waals surface area contributed by atoms with Crippen molar-refractivity contribution in [3.8, 4) is 0 Å². The van der Waals surface area contributed by atoms with E-state index in [4.69, 9.17) is 23.7 Å². The highest BCUT2D eigenvalue weighted by atomic mass is 16.7. The van der Waals surface area contributed by atoms with Crippen LogP contribution in [0.5, 0.6) is 0 Å². The van der Waals surface area contributed by atoms with Crippen LogP contribution in [0.2, 0.25) is 0 Å². The van der Waals surface area contributed by atoms with Gasteiger partial charge in [0.2, 0.25) is 0 Å². The number of carboxylic acids is 1. The minimum atomic E-state index is -1.87. The SMILES string of the molecule is CO[C@]1(C(=O)O)C[C@@H](OCc2ccccc2)[C@@H](OCc2ccccc2)[C@@H](COCc2ccccc2)O1. The van der Waals surface area contributed by atoms with Crippen molar-refractivity contribution in [1.29, 1.82) is 0 Å². The molecule has 7 nitrogen and oxygen atoms in total. The Morgan fingerprint density at radius 1 is 0.833 bits per heavy atom. The number of ether oxygens (including phenoxy) is 5. The van der Waals surface area contributed by atoms with Crippen molar-refractivity contribution < 1.29 is 33.6 Å². The molecule has 0 bridgehead atoms. The zero-order valence-corrected chi connectivity index (χ0v) is 20.3. The van der Waals surface area contributed by atoms with E-state index in [1.165, 1.54) is 7.11 Å². The molecule has 1 aliphatic rings. The fraction of sp³-hybridized carbons (Fsp3) is 0.345. The highest BCUT2D eigenvalue weighted by Crippen LogP contribution is 2.35. The number of hydrogen-bond donors (Lipinski definition) is 1.